The van der Waals surface area contributed by atoms with E-state index in [0.29, 0.717) is 12.8 Å². The molecule has 0 aliphatic heterocycles. The number of halogens is 3. The van der Waals surface area contributed by atoms with Gasteiger partial charge < -0.3 is 5.73 Å². The Bertz CT molecular complexity index is 423. The van der Waals surface area contributed by atoms with E-state index in [9.17, 15) is 13.2 Å². The maximum absolute atomic E-state index is 14.6. The molecule has 4 heteroatoms. The third-order valence-electron chi connectivity index (χ3n) is 3.58. The first kappa shape index (κ1) is 12.4. The van der Waals surface area contributed by atoms with Crippen LogP contribution in [0.15, 0.2) is 12.1 Å². The van der Waals surface area contributed by atoms with Gasteiger partial charge in [-0.15, -0.1) is 0 Å². The molecule has 1 fully saturated rings. The molecule has 0 amide bonds. The van der Waals surface area contributed by atoms with E-state index in [1.54, 1.807) is 0 Å². The highest BCUT2D eigenvalue weighted by Crippen LogP contribution is 2.42. The second-order valence-corrected chi connectivity index (χ2v) is 4.86. The molecule has 1 nitrogen and oxygen atoms in total. The Morgan fingerprint density at radius 3 is 2.35 bits per heavy atom. The van der Waals surface area contributed by atoms with Crippen LogP contribution < -0.4 is 5.73 Å². The third-order valence-corrected chi connectivity index (χ3v) is 3.58. The van der Waals surface area contributed by atoms with Crippen LogP contribution in [0, 0.1) is 18.6 Å². The van der Waals surface area contributed by atoms with E-state index in [4.69, 9.17) is 5.73 Å². The second-order valence-electron chi connectivity index (χ2n) is 4.86. The van der Waals surface area contributed by atoms with Crippen molar-refractivity contribution in [3.8, 4) is 0 Å². The number of rotatable bonds is 1. The molecule has 2 N–H and O–H groups in total. The topological polar surface area (TPSA) is 26.0 Å². The molecule has 0 spiro atoms. The zero-order valence-corrected chi connectivity index (χ0v) is 9.77. The average Bonchev–Trinajstić information content (AvgIpc) is 2.30. The highest BCUT2D eigenvalue weighted by atomic mass is 19.2. The van der Waals surface area contributed by atoms with Crippen LogP contribution >= 0.6 is 0 Å². The van der Waals surface area contributed by atoms with Gasteiger partial charge in [0.15, 0.2) is 11.6 Å². The Morgan fingerprint density at radius 1 is 1.18 bits per heavy atom. The highest BCUT2D eigenvalue weighted by molar-refractivity contribution is 5.30. The summed E-state index contributed by atoms with van der Waals surface area (Å²) in [5.74, 6) is -2.00. The summed E-state index contributed by atoms with van der Waals surface area (Å²) in [6.07, 6.45) is 1.33. The summed E-state index contributed by atoms with van der Waals surface area (Å²) in [7, 11) is 0. The maximum Gasteiger partial charge on any atom is 0.165 e. The molecule has 1 aliphatic rings. The van der Waals surface area contributed by atoms with E-state index in [0.717, 1.165) is 0 Å². The number of alkyl halides is 1. The molecule has 0 unspecified atom stereocenters. The fourth-order valence-electron chi connectivity index (χ4n) is 2.36. The standard InChI is InChI=1S/C13H16F3N/c1-8-2-3-10(12(15)11(8)14)13(16)6-4-9(17)5-7-13/h2-3,9H,4-7,17H2,1H3. The average molecular weight is 243 g/mol. The molecule has 0 atom stereocenters. The lowest BCUT2D eigenvalue weighted by atomic mass is 9.79. The van der Waals surface area contributed by atoms with E-state index in [-0.39, 0.29) is 30.0 Å². The first-order valence-corrected chi connectivity index (χ1v) is 5.83. The van der Waals surface area contributed by atoms with Gasteiger partial charge in [0.05, 0.1) is 0 Å². The van der Waals surface area contributed by atoms with Crippen LogP contribution in [0.4, 0.5) is 13.2 Å². The van der Waals surface area contributed by atoms with Crippen molar-refractivity contribution in [3.63, 3.8) is 0 Å². The summed E-state index contributed by atoms with van der Waals surface area (Å²) in [4.78, 5) is 0. The van der Waals surface area contributed by atoms with E-state index >= 15 is 0 Å². The van der Waals surface area contributed by atoms with Crippen LogP contribution in [0.5, 0.6) is 0 Å². The lowest BCUT2D eigenvalue weighted by Crippen LogP contribution is -2.34. The molecule has 0 aromatic heterocycles. The minimum absolute atomic E-state index is 0.0303. The number of hydrogen-bond donors (Lipinski definition) is 1. The van der Waals surface area contributed by atoms with E-state index < -0.39 is 17.3 Å². The van der Waals surface area contributed by atoms with Crippen molar-refractivity contribution >= 4 is 0 Å². The smallest absolute Gasteiger partial charge is 0.165 e. The minimum atomic E-state index is -1.77. The largest absolute Gasteiger partial charge is 0.328 e. The first-order chi connectivity index (χ1) is 7.94. The van der Waals surface area contributed by atoms with Crippen molar-refractivity contribution in [3.05, 3.63) is 34.9 Å². The normalized spacial score (nSPS) is 29.4. The molecular formula is C13H16F3N. The fourth-order valence-corrected chi connectivity index (χ4v) is 2.36. The Morgan fingerprint density at radius 2 is 1.76 bits per heavy atom. The molecule has 0 bridgehead atoms. The van der Waals surface area contributed by atoms with Crippen LogP contribution in [0.25, 0.3) is 0 Å². The maximum atomic E-state index is 14.6. The van der Waals surface area contributed by atoms with Crippen molar-refractivity contribution in [2.24, 2.45) is 5.73 Å². The second kappa shape index (κ2) is 4.33. The molecule has 17 heavy (non-hydrogen) atoms. The monoisotopic (exact) mass is 243 g/mol. The van der Waals surface area contributed by atoms with Crippen LogP contribution in [-0.2, 0) is 5.67 Å². The lowest BCUT2D eigenvalue weighted by Gasteiger charge is -2.33. The third kappa shape index (κ3) is 2.18. The van der Waals surface area contributed by atoms with Gasteiger partial charge in [0.25, 0.3) is 0 Å². The molecular weight excluding hydrogens is 227 g/mol. The van der Waals surface area contributed by atoms with Crippen molar-refractivity contribution in [2.45, 2.75) is 44.3 Å². The van der Waals surface area contributed by atoms with Gasteiger partial charge in [-0.25, -0.2) is 13.2 Å². The molecule has 0 heterocycles. The molecule has 1 aromatic carbocycles. The summed E-state index contributed by atoms with van der Waals surface area (Å²) < 4.78 is 41.8. The zero-order chi connectivity index (χ0) is 12.6. The summed E-state index contributed by atoms with van der Waals surface area (Å²) in [5.41, 5.74) is 3.96. The van der Waals surface area contributed by atoms with Gasteiger partial charge in [-0.2, -0.15) is 0 Å². The van der Waals surface area contributed by atoms with Gasteiger partial charge in [-0.1, -0.05) is 12.1 Å². The predicted molar refractivity (Wildman–Crippen MR) is 60.3 cm³/mol. The van der Waals surface area contributed by atoms with Crippen LogP contribution in [0.2, 0.25) is 0 Å². The van der Waals surface area contributed by atoms with E-state index in [1.807, 2.05) is 0 Å². The Labute approximate surface area is 98.8 Å². The molecule has 0 radical (unpaired) electrons. The van der Waals surface area contributed by atoms with Crippen molar-refractivity contribution < 1.29 is 13.2 Å². The van der Waals surface area contributed by atoms with Crippen molar-refractivity contribution in [2.75, 3.05) is 0 Å². The number of hydrogen-bond acceptors (Lipinski definition) is 1. The molecule has 0 saturated heterocycles. The van der Waals surface area contributed by atoms with E-state index in [1.165, 1.54) is 19.1 Å². The van der Waals surface area contributed by atoms with Gasteiger partial charge in [-0.3, -0.25) is 0 Å². The zero-order valence-electron chi connectivity index (χ0n) is 9.77. The summed E-state index contributed by atoms with van der Waals surface area (Å²) in [6.45, 7) is 1.46. The van der Waals surface area contributed by atoms with E-state index in [2.05, 4.69) is 0 Å². The van der Waals surface area contributed by atoms with Crippen molar-refractivity contribution in [1.29, 1.82) is 0 Å². The summed E-state index contributed by atoms with van der Waals surface area (Å²) in [5, 5.41) is 0. The molecule has 2 rings (SSSR count). The quantitative estimate of drug-likeness (QED) is 0.804. The minimum Gasteiger partial charge on any atom is -0.328 e. The first-order valence-electron chi connectivity index (χ1n) is 5.83. The van der Waals surface area contributed by atoms with Gasteiger partial charge in [0, 0.05) is 11.6 Å². The van der Waals surface area contributed by atoms with Crippen molar-refractivity contribution in [1.82, 2.24) is 0 Å². The van der Waals surface area contributed by atoms with Crippen LogP contribution in [-0.4, -0.2) is 6.04 Å². The fraction of sp³-hybridized carbons (Fsp3) is 0.538. The lowest BCUT2D eigenvalue weighted by molar-refractivity contribution is 0.0925. The predicted octanol–water partition coefficient (Wildman–Crippen LogP) is 3.34. The SMILES string of the molecule is Cc1ccc(C2(F)CCC(N)CC2)c(F)c1F. The number of aryl methyl sites for hydroxylation is 1. The van der Waals surface area contributed by atoms with Crippen LogP contribution in [0.3, 0.4) is 0 Å². The highest BCUT2D eigenvalue weighted by Gasteiger charge is 2.38. The van der Waals surface area contributed by atoms with Crippen LogP contribution in [0.1, 0.15) is 36.8 Å². The number of benzene rings is 1. The van der Waals surface area contributed by atoms with Gasteiger partial charge in [0.2, 0.25) is 0 Å². The Balaban J connectivity index is 2.37. The molecule has 1 aromatic rings. The Kier molecular flexibility index (Phi) is 3.17. The Hall–Kier alpha value is -1.03. The number of nitrogens with two attached hydrogens (primary N) is 1. The molecule has 94 valence electrons. The summed E-state index contributed by atoms with van der Waals surface area (Å²) in [6, 6.07) is 2.74. The van der Waals surface area contributed by atoms with Gasteiger partial charge in [0.1, 0.15) is 5.67 Å². The van der Waals surface area contributed by atoms with Gasteiger partial charge >= 0.3 is 0 Å². The van der Waals surface area contributed by atoms with Gasteiger partial charge in [-0.05, 0) is 38.2 Å². The molecule has 1 aliphatic carbocycles. The summed E-state index contributed by atoms with van der Waals surface area (Å²) >= 11 is 0. The molecule has 1 saturated carbocycles.